The highest BCUT2D eigenvalue weighted by atomic mass is 16.5. The predicted molar refractivity (Wildman–Crippen MR) is 301 cm³/mol. The number of hydrogen-bond acceptors (Lipinski definition) is 5. The third-order valence-corrected chi connectivity index (χ3v) is 13.8. The number of aliphatic hydroxyl groups excluding tert-OH is 2. The molecule has 6 nitrogen and oxygen atoms in total. The third-order valence-electron chi connectivity index (χ3n) is 13.8. The van der Waals surface area contributed by atoms with Crippen molar-refractivity contribution in [2.75, 3.05) is 13.2 Å². The summed E-state index contributed by atoms with van der Waals surface area (Å²) in [5.41, 5.74) is 0. The van der Waals surface area contributed by atoms with Crippen molar-refractivity contribution in [3.8, 4) is 0 Å². The van der Waals surface area contributed by atoms with Gasteiger partial charge < -0.3 is 20.3 Å². The minimum Gasteiger partial charge on any atom is -0.466 e. The van der Waals surface area contributed by atoms with Crippen LogP contribution in [0.15, 0.2) is 48.6 Å². The number of allylic oxidation sites excluding steroid dienone is 7. The molecule has 0 bridgehead atoms. The van der Waals surface area contributed by atoms with Crippen molar-refractivity contribution in [1.82, 2.24) is 5.32 Å². The number of rotatable bonds is 56. The molecule has 0 aliphatic rings. The van der Waals surface area contributed by atoms with Crippen LogP contribution in [0, 0.1) is 0 Å². The molecule has 0 aliphatic heterocycles. The number of nitrogens with one attached hydrogen (secondary N) is 1. The molecule has 1 amide bonds. The zero-order valence-corrected chi connectivity index (χ0v) is 46.0. The maximum absolute atomic E-state index is 12.5. The average Bonchev–Trinajstić information content (AvgIpc) is 3.35. The Hall–Kier alpha value is -2.18. The molecular formula is C63H117NO5. The minimum atomic E-state index is -0.856. The van der Waals surface area contributed by atoms with Gasteiger partial charge in [0.05, 0.1) is 25.4 Å². The minimum absolute atomic E-state index is 0.0195. The van der Waals surface area contributed by atoms with Crippen molar-refractivity contribution in [3.63, 3.8) is 0 Å². The lowest BCUT2D eigenvalue weighted by Crippen LogP contribution is -2.45. The molecule has 0 aromatic rings. The van der Waals surface area contributed by atoms with E-state index in [1.54, 1.807) is 6.08 Å². The number of carbonyl (C=O) groups excluding carboxylic acids is 2. The van der Waals surface area contributed by atoms with E-state index in [1.165, 1.54) is 205 Å². The van der Waals surface area contributed by atoms with Crippen molar-refractivity contribution in [1.29, 1.82) is 0 Å². The monoisotopic (exact) mass is 968 g/mol. The highest BCUT2D eigenvalue weighted by molar-refractivity contribution is 5.76. The first-order chi connectivity index (χ1) is 34.0. The second kappa shape index (κ2) is 58.4. The highest BCUT2D eigenvalue weighted by Crippen LogP contribution is 2.16. The molecule has 0 saturated carbocycles. The number of aliphatic hydroxyl groups is 2. The Morgan fingerprint density at radius 3 is 1.12 bits per heavy atom. The molecule has 2 atom stereocenters. The van der Waals surface area contributed by atoms with Gasteiger partial charge in [-0.2, -0.15) is 0 Å². The van der Waals surface area contributed by atoms with Crippen molar-refractivity contribution < 1.29 is 24.5 Å². The maximum atomic E-state index is 12.5. The highest BCUT2D eigenvalue weighted by Gasteiger charge is 2.18. The lowest BCUT2D eigenvalue weighted by Gasteiger charge is -2.20. The fraction of sp³-hybridized carbons (Fsp3) is 0.841. The van der Waals surface area contributed by atoms with E-state index in [2.05, 4.69) is 55.6 Å². The van der Waals surface area contributed by atoms with Crippen LogP contribution in [0.3, 0.4) is 0 Å². The molecule has 0 fully saturated rings. The molecule has 0 saturated heterocycles. The maximum Gasteiger partial charge on any atom is 0.305 e. The summed E-state index contributed by atoms with van der Waals surface area (Å²) in [6, 6.07) is -0.641. The second-order valence-electron chi connectivity index (χ2n) is 20.7. The van der Waals surface area contributed by atoms with E-state index >= 15 is 0 Å². The van der Waals surface area contributed by atoms with Crippen LogP contribution in [0.25, 0.3) is 0 Å². The largest absolute Gasteiger partial charge is 0.466 e. The van der Waals surface area contributed by atoms with Gasteiger partial charge in [0.1, 0.15) is 0 Å². The Morgan fingerprint density at radius 2 is 0.725 bits per heavy atom. The SMILES string of the molecule is CCCCCCCCC/C=C\CCCCCCCCCC(=O)OCCCCC/C=C\C/C=C\CCCCCCCCCC(=O)NC(CO)C(O)/C=C/CCCCCCCCCCCCCCCCC. The van der Waals surface area contributed by atoms with E-state index in [0.29, 0.717) is 19.4 Å². The van der Waals surface area contributed by atoms with E-state index < -0.39 is 12.1 Å². The summed E-state index contributed by atoms with van der Waals surface area (Å²) in [5.74, 6) is -0.103. The smallest absolute Gasteiger partial charge is 0.305 e. The van der Waals surface area contributed by atoms with Crippen LogP contribution in [0.2, 0.25) is 0 Å². The first-order valence-electron chi connectivity index (χ1n) is 30.4. The van der Waals surface area contributed by atoms with E-state index in [1.807, 2.05) is 6.08 Å². The van der Waals surface area contributed by atoms with Crippen molar-refractivity contribution in [3.05, 3.63) is 48.6 Å². The van der Waals surface area contributed by atoms with Crippen LogP contribution in [0.4, 0.5) is 0 Å². The molecular weight excluding hydrogens is 851 g/mol. The standard InChI is InChI=1S/C63H117NO5/c1-3-5-7-9-11-13-15-17-19-21-25-29-33-37-41-45-49-53-57-63(68)69-58-54-50-46-42-38-34-30-26-22-24-28-32-36-40-44-48-52-56-62(67)64-60(59-65)61(66)55-51-47-43-39-35-31-27-23-20-18-16-14-12-10-8-6-4-2/h19,21-22,26,34,38,51,55,60-61,65-66H,3-18,20,23-25,27-33,35-37,39-50,52-54,56-59H2,1-2H3,(H,64,67)/b21-19-,26-22-,38-34-,55-51+. The molecule has 0 heterocycles. The summed E-state index contributed by atoms with van der Waals surface area (Å²) in [7, 11) is 0. The molecule has 0 radical (unpaired) electrons. The van der Waals surface area contributed by atoms with Crippen molar-refractivity contribution >= 4 is 11.9 Å². The van der Waals surface area contributed by atoms with Crippen LogP contribution in [0.1, 0.15) is 316 Å². The fourth-order valence-corrected chi connectivity index (χ4v) is 9.13. The Bertz CT molecular complexity index is 1160. The van der Waals surface area contributed by atoms with Gasteiger partial charge >= 0.3 is 5.97 Å². The summed E-state index contributed by atoms with van der Waals surface area (Å²) >= 11 is 0. The zero-order chi connectivity index (χ0) is 50.0. The lowest BCUT2D eigenvalue weighted by molar-refractivity contribution is -0.143. The van der Waals surface area contributed by atoms with Gasteiger partial charge in [-0.1, -0.05) is 255 Å². The summed E-state index contributed by atoms with van der Waals surface area (Å²) in [4.78, 5) is 24.5. The Kier molecular flexibility index (Phi) is 56.5. The molecule has 0 aromatic carbocycles. The Balaban J connectivity index is 3.52. The van der Waals surface area contributed by atoms with Gasteiger partial charge in [0.2, 0.25) is 5.91 Å². The molecule has 0 aliphatic carbocycles. The number of ether oxygens (including phenoxy) is 1. The molecule has 69 heavy (non-hydrogen) atoms. The fourth-order valence-electron chi connectivity index (χ4n) is 9.13. The van der Waals surface area contributed by atoms with Gasteiger partial charge in [-0.3, -0.25) is 9.59 Å². The van der Waals surface area contributed by atoms with Crippen LogP contribution in [-0.2, 0) is 14.3 Å². The molecule has 2 unspecified atom stereocenters. The first-order valence-corrected chi connectivity index (χ1v) is 30.4. The summed E-state index contributed by atoms with van der Waals surface area (Å²) < 4.78 is 5.46. The summed E-state index contributed by atoms with van der Waals surface area (Å²) in [6.45, 7) is 4.86. The number of esters is 1. The molecule has 0 spiro atoms. The molecule has 0 rings (SSSR count). The molecule has 404 valence electrons. The summed E-state index contributed by atoms with van der Waals surface area (Å²) in [5, 5.41) is 23.1. The quantitative estimate of drug-likeness (QED) is 0.0321. The number of unbranched alkanes of at least 4 members (excludes halogenated alkanes) is 39. The molecule has 6 heteroatoms. The average molecular weight is 969 g/mol. The van der Waals surface area contributed by atoms with E-state index in [4.69, 9.17) is 4.74 Å². The van der Waals surface area contributed by atoms with Gasteiger partial charge in [-0.25, -0.2) is 0 Å². The molecule has 0 aromatic heterocycles. The lowest BCUT2D eigenvalue weighted by atomic mass is 10.0. The normalized spacial score (nSPS) is 12.9. The number of amides is 1. The number of carbonyl (C=O) groups is 2. The van der Waals surface area contributed by atoms with Gasteiger partial charge in [0.25, 0.3) is 0 Å². The Morgan fingerprint density at radius 1 is 0.406 bits per heavy atom. The Labute approximate surface area is 429 Å². The summed E-state index contributed by atoms with van der Waals surface area (Å²) in [6.07, 6.45) is 74.2. The topological polar surface area (TPSA) is 95.9 Å². The van der Waals surface area contributed by atoms with E-state index in [-0.39, 0.29) is 18.5 Å². The van der Waals surface area contributed by atoms with E-state index in [9.17, 15) is 19.8 Å². The van der Waals surface area contributed by atoms with Crippen LogP contribution >= 0.6 is 0 Å². The number of hydrogen-bond donors (Lipinski definition) is 3. The van der Waals surface area contributed by atoms with Crippen LogP contribution in [-0.4, -0.2) is 47.4 Å². The van der Waals surface area contributed by atoms with Crippen LogP contribution in [0.5, 0.6) is 0 Å². The first kappa shape index (κ1) is 66.8. The third kappa shape index (κ3) is 55.0. The molecule has 3 N–H and O–H groups in total. The van der Waals surface area contributed by atoms with Gasteiger partial charge in [-0.15, -0.1) is 0 Å². The van der Waals surface area contributed by atoms with Gasteiger partial charge in [-0.05, 0) is 96.3 Å². The van der Waals surface area contributed by atoms with Crippen molar-refractivity contribution in [2.45, 2.75) is 328 Å². The zero-order valence-electron chi connectivity index (χ0n) is 46.0. The van der Waals surface area contributed by atoms with E-state index in [0.717, 1.165) is 83.5 Å². The van der Waals surface area contributed by atoms with Gasteiger partial charge in [0, 0.05) is 12.8 Å². The van der Waals surface area contributed by atoms with Crippen LogP contribution < -0.4 is 5.32 Å². The second-order valence-corrected chi connectivity index (χ2v) is 20.7. The van der Waals surface area contributed by atoms with Crippen molar-refractivity contribution in [2.24, 2.45) is 0 Å². The predicted octanol–water partition coefficient (Wildman–Crippen LogP) is 19.0. The van der Waals surface area contributed by atoms with Gasteiger partial charge in [0.15, 0.2) is 0 Å².